The number of hydrogen-bond donors (Lipinski definition) is 1. The number of nitro benzene ring substituents is 1. The third kappa shape index (κ3) is 3.97. The van der Waals surface area contributed by atoms with Gasteiger partial charge in [0.05, 0.1) is 12.0 Å². The van der Waals surface area contributed by atoms with E-state index in [4.69, 9.17) is 9.47 Å². The van der Waals surface area contributed by atoms with Crippen LogP contribution in [-0.4, -0.2) is 24.0 Å². The van der Waals surface area contributed by atoms with Gasteiger partial charge < -0.3 is 14.8 Å². The Hall–Kier alpha value is -3.09. The number of amides is 1. The van der Waals surface area contributed by atoms with E-state index in [1.165, 1.54) is 25.3 Å². The second-order valence-corrected chi connectivity index (χ2v) is 4.67. The van der Waals surface area contributed by atoms with Gasteiger partial charge in [-0.1, -0.05) is 24.3 Å². The first kappa shape index (κ1) is 16.3. The number of carbonyl (C=O) groups is 1. The van der Waals surface area contributed by atoms with Crippen LogP contribution in [0.4, 0.5) is 11.4 Å². The third-order valence-electron chi connectivity index (χ3n) is 3.10. The Morgan fingerprint density at radius 2 is 1.74 bits per heavy atom. The number of carbonyl (C=O) groups excluding carboxylic acids is 1. The molecule has 0 aliphatic rings. The second kappa shape index (κ2) is 7.26. The molecule has 0 saturated carbocycles. The van der Waals surface area contributed by atoms with Crippen LogP contribution in [0.2, 0.25) is 0 Å². The van der Waals surface area contributed by atoms with E-state index in [1.807, 2.05) is 0 Å². The largest absolute Gasteiger partial charge is 0.493 e. The van der Waals surface area contributed by atoms with Crippen molar-refractivity contribution in [2.45, 2.75) is 13.0 Å². The monoisotopic (exact) mass is 316 g/mol. The fourth-order valence-corrected chi connectivity index (χ4v) is 1.93. The van der Waals surface area contributed by atoms with Crippen LogP contribution in [0, 0.1) is 10.1 Å². The molecule has 7 nitrogen and oxygen atoms in total. The highest BCUT2D eigenvalue weighted by Crippen LogP contribution is 2.27. The summed E-state index contributed by atoms with van der Waals surface area (Å²) in [6.07, 6.45) is -0.855. The molecule has 0 radical (unpaired) electrons. The maximum Gasteiger partial charge on any atom is 0.292 e. The molecule has 2 aromatic rings. The minimum atomic E-state index is -0.855. The second-order valence-electron chi connectivity index (χ2n) is 4.67. The lowest BCUT2D eigenvalue weighted by atomic mass is 10.2. The molecular formula is C16H16N2O5. The van der Waals surface area contributed by atoms with E-state index in [0.717, 1.165) is 0 Å². The van der Waals surface area contributed by atoms with Crippen LogP contribution in [0.25, 0.3) is 0 Å². The third-order valence-corrected chi connectivity index (χ3v) is 3.10. The molecule has 7 heteroatoms. The van der Waals surface area contributed by atoms with Gasteiger partial charge in [0.15, 0.2) is 17.6 Å². The molecule has 0 heterocycles. The first-order valence-corrected chi connectivity index (χ1v) is 6.87. The van der Waals surface area contributed by atoms with Gasteiger partial charge in [-0.15, -0.1) is 0 Å². The van der Waals surface area contributed by atoms with Gasteiger partial charge in [-0.3, -0.25) is 14.9 Å². The zero-order valence-electron chi connectivity index (χ0n) is 12.7. The van der Waals surface area contributed by atoms with E-state index >= 15 is 0 Å². The maximum atomic E-state index is 12.2. The quantitative estimate of drug-likeness (QED) is 0.653. The van der Waals surface area contributed by atoms with Gasteiger partial charge in [0, 0.05) is 6.07 Å². The molecule has 0 aromatic heterocycles. The summed E-state index contributed by atoms with van der Waals surface area (Å²) in [4.78, 5) is 22.6. The van der Waals surface area contributed by atoms with Gasteiger partial charge in [-0.2, -0.15) is 0 Å². The van der Waals surface area contributed by atoms with E-state index in [-0.39, 0.29) is 11.4 Å². The van der Waals surface area contributed by atoms with Crippen molar-refractivity contribution in [3.8, 4) is 11.5 Å². The summed E-state index contributed by atoms with van der Waals surface area (Å²) in [5.74, 6) is 0.420. The Labute approximate surface area is 133 Å². The van der Waals surface area contributed by atoms with Crippen molar-refractivity contribution in [2.75, 3.05) is 12.4 Å². The average molecular weight is 316 g/mol. The van der Waals surface area contributed by atoms with Crippen molar-refractivity contribution < 1.29 is 19.2 Å². The number of methoxy groups -OCH3 is 1. The van der Waals surface area contributed by atoms with E-state index in [2.05, 4.69) is 5.32 Å². The van der Waals surface area contributed by atoms with Gasteiger partial charge >= 0.3 is 0 Å². The lowest BCUT2D eigenvalue weighted by Gasteiger charge is -2.16. The Kier molecular flexibility index (Phi) is 5.14. The smallest absolute Gasteiger partial charge is 0.292 e. The van der Waals surface area contributed by atoms with Crippen LogP contribution in [-0.2, 0) is 4.79 Å². The minimum absolute atomic E-state index is 0.123. The molecule has 0 bridgehead atoms. The summed E-state index contributed by atoms with van der Waals surface area (Å²) >= 11 is 0. The first-order valence-electron chi connectivity index (χ1n) is 6.87. The van der Waals surface area contributed by atoms with Crippen LogP contribution >= 0.6 is 0 Å². The number of nitrogens with one attached hydrogen (secondary N) is 1. The van der Waals surface area contributed by atoms with Gasteiger partial charge in [0.1, 0.15) is 5.69 Å². The van der Waals surface area contributed by atoms with Crippen LogP contribution in [0.1, 0.15) is 6.92 Å². The summed E-state index contributed by atoms with van der Waals surface area (Å²) in [5, 5.41) is 13.5. The van der Waals surface area contributed by atoms with E-state index in [1.54, 1.807) is 37.3 Å². The average Bonchev–Trinajstić information content (AvgIpc) is 2.55. The van der Waals surface area contributed by atoms with Gasteiger partial charge in [-0.05, 0) is 25.1 Å². The highest BCUT2D eigenvalue weighted by molar-refractivity contribution is 5.96. The number of hydrogen-bond acceptors (Lipinski definition) is 5. The molecule has 1 amide bonds. The SMILES string of the molecule is COc1ccccc1O[C@H](C)C(=O)Nc1ccccc1[N+](=O)[O-]. The molecule has 120 valence electrons. The molecular weight excluding hydrogens is 300 g/mol. The highest BCUT2D eigenvalue weighted by atomic mass is 16.6. The van der Waals surface area contributed by atoms with Gasteiger partial charge in [0.2, 0.25) is 0 Å². The number of nitrogens with zero attached hydrogens (tertiary/aromatic N) is 1. The van der Waals surface area contributed by atoms with Gasteiger partial charge in [0.25, 0.3) is 11.6 Å². The molecule has 1 N–H and O–H groups in total. The maximum absolute atomic E-state index is 12.2. The fraction of sp³-hybridized carbons (Fsp3) is 0.188. The molecule has 0 unspecified atom stereocenters. The molecule has 23 heavy (non-hydrogen) atoms. The molecule has 1 atom stereocenters. The highest BCUT2D eigenvalue weighted by Gasteiger charge is 2.20. The number of para-hydroxylation sites is 4. The van der Waals surface area contributed by atoms with Crippen molar-refractivity contribution in [1.29, 1.82) is 0 Å². The van der Waals surface area contributed by atoms with E-state index in [0.29, 0.717) is 11.5 Å². The molecule has 0 aliphatic heterocycles. The zero-order chi connectivity index (χ0) is 16.8. The number of nitro groups is 1. The lowest BCUT2D eigenvalue weighted by molar-refractivity contribution is -0.383. The fourth-order valence-electron chi connectivity index (χ4n) is 1.93. The van der Waals surface area contributed by atoms with Crippen molar-refractivity contribution in [3.05, 3.63) is 58.6 Å². The molecule has 0 spiro atoms. The topological polar surface area (TPSA) is 90.7 Å². The minimum Gasteiger partial charge on any atom is -0.493 e. The van der Waals surface area contributed by atoms with Crippen LogP contribution < -0.4 is 14.8 Å². The van der Waals surface area contributed by atoms with Crippen LogP contribution in [0.15, 0.2) is 48.5 Å². The molecule has 0 aliphatic carbocycles. The standard InChI is InChI=1S/C16H16N2O5/c1-11(23-15-10-6-5-9-14(15)22-2)16(19)17-12-7-3-4-8-13(12)18(20)21/h3-11H,1-2H3,(H,17,19)/t11-/m1/s1. The Bertz CT molecular complexity index is 717. The summed E-state index contributed by atoms with van der Waals surface area (Å²) in [7, 11) is 1.50. The number of rotatable bonds is 6. The predicted molar refractivity (Wildman–Crippen MR) is 84.8 cm³/mol. The Morgan fingerprint density at radius 3 is 2.39 bits per heavy atom. The number of ether oxygens (including phenoxy) is 2. The predicted octanol–water partition coefficient (Wildman–Crippen LogP) is 3.01. The van der Waals surface area contributed by atoms with Crippen molar-refractivity contribution in [1.82, 2.24) is 0 Å². The summed E-state index contributed by atoms with van der Waals surface area (Å²) in [5.41, 5.74) is -0.0525. The summed E-state index contributed by atoms with van der Waals surface area (Å²) in [6.45, 7) is 1.55. The van der Waals surface area contributed by atoms with Crippen LogP contribution in [0.5, 0.6) is 11.5 Å². The van der Waals surface area contributed by atoms with Crippen molar-refractivity contribution >= 4 is 17.3 Å². The van der Waals surface area contributed by atoms with Gasteiger partial charge in [-0.25, -0.2) is 0 Å². The number of benzene rings is 2. The molecule has 2 aromatic carbocycles. The van der Waals surface area contributed by atoms with Crippen LogP contribution in [0.3, 0.4) is 0 Å². The Balaban J connectivity index is 2.10. The molecule has 0 fully saturated rings. The molecule has 2 rings (SSSR count). The number of anilines is 1. The van der Waals surface area contributed by atoms with E-state index in [9.17, 15) is 14.9 Å². The molecule has 0 saturated heterocycles. The lowest BCUT2D eigenvalue weighted by Crippen LogP contribution is -2.30. The zero-order valence-corrected chi connectivity index (χ0v) is 12.7. The first-order chi connectivity index (χ1) is 11.0. The van der Waals surface area contributed by atoms with Crippen molar-refractivity contribution in [3.63, 3.8) is 0 Å². The normalized spacial score (nSPS) is 11.4. The Morgan fingerprint density at radius 1 is 1.13 bits per heavy atom. The summed E-state index contributed by atoms with van der Waals surface area (Å²) in [6, 6.07) is 12.8. The van der Waals surface area contributed by atoms with E-state index < -0.39 is 16.9 Å². The van der Waals surface area contributed by atoms with Crippen molar-refractivity contribution in [2.24, 2.45) is 0 Å². The summed E-state index contributed by atoms with van der Waals surface area (Å²) < 4.78 is 10.7.